The van der Waals surface area contributed by atoms with Crippen molar-refractivity contribution in [1.82, 2.24) is 0 Å². The van der Waals surface area contributed by atoms with Crippen LogP contribution in [0.4, 0.5) is 0 Å². The average Bonchev–Trinajstić information content (AvgIpc) is 2.27. The van der Waals surface area contributed by atoms with Crippen molar-refractivity contribution in [2.75, 3.05) is 0 Å². The van der Waals surface area contributed by atoms with Gasteiger partial charge in [0.1, 0.15) is 0 Å². The first-order valence-corrected chi connectivity index (χ1v) is 7.07. The van der Waals surface area contributed by atoms with Crippen molar-refractivity contribution >= 4 is 58.0 Å². The van der Waals surface area contributed by atoms with Crippen LogP contribution in [0.15, 0.2) is 30.3 Å². The van der Waals surface area contributed by atoms with E-state index < -0.39 is 0 Å². The predicted octanol–water partition coefficient (Wildman–Crippen LogP) is 6.71. The van der Waals surface area contributed by atoms with Crippen LogP contribution >= 0.6 is 58.0 Å². The highest BCUT2D eigenvalue weighted by atomic mass is 35.5. The molecule has 0 spiro atoms. The minimum absolute atomic E-state index is 0.362. The van der Waals surface area contributed by atoms with Gasteiger partial charge in [-0.2, -0.15) is 0 Å². The molecule has 0 atom stereocenters. The number of benzene rings is 2. The molecule has 2 aromatic carbocycles. The zero-order chi connectivity index (χ0) is 13.3. The number of hydrogen-bond acceptors (Lipinski definition) is 0. The topological polar surface area (TPSA) is 0 Å². The Bertz CT molecular complexity index is 569. The minimum atomic E-state index is 0.362. The first-order chi connectivity index (χ1) is 8.52. The van der Waals surface area contributed by atoms with Gasteiger partial charge in [0.25, 0.3) is 0 Å². The maximum atomic E-state index is 6.16. The summed E-state index contributed by atoms with van der Waals surface area (Å²) in [7, 11) is 0. The smallest absolute Gasteiger partial charge is 0.0514 e. The SMILES string of the molecule is ClCc1ccc(-c2c(Cl)cc(Cl)cc2Cl)cc1Cl. The van der Waals surface area contributed by atoms with E-state index in [1.54, 1.807) is 18.2 Å². The van der Waals surface area contributed by atoms with Crippen LogP contribution < -0.4 is 0 Å². The fraction of sp³-hybridized carbons (Fsp3) is 0.0769. The molecule has 0 nitrogen and oxygen atoms in total. The molecule has 0 unspecified atom stereocenters. The van der Waals surface area contributed by atoms with Gasteiger partial charge < -0.3 is 0 Å². The Morgan fingerprint density at radius 1 is 0.778 bits per heavy atom. The Kier molecular flexibility index (Phi) is 4.69. The summed E-state index contributed by atoms with van der Waals surface area (Å²) in [5.41, 5.74) is 2.41. The van der Waals surface area contributed by atoms with Crippen LogP contribution in [0, 0.1) is 0 Å². The lowest BCUT2D eigenvalue weighted by Gasteiger charge is -2.10. The number of rotatable bonds is 2. The van der Waals surface area contributed by atoms with E-state index in [1.807, 2.05) is 12.1 Å². The van der Waals surface area contributed by atoms with Gasteiger partial charge in [-0.1, -0.05) is 58.5 Å². The van der Waals surface area contributed by atoms with Gasteiger partial charge in [0.05, 0.1) is 10.0 Å². The quantitative estimate of drug-likeness (QED) is 0.533. The summed E-state index contributed by atoms with van der Waals surface area (Å²) in [4.78, 5) is 0. The lowest BCUT2D eigenvalue weighted by molar-refractivity contribution is 1.40. The molecule has 0 N–H and O–H groups in total. The Morgan fingerprint density at radius 2 is 1.39 bits per heavy atom. The molecule has 0 radical (unpaired) electrons. The highest BCUT2D eigenvalue weighted by molar-refractivity contribution is 6.42. The lowest BCUT2D eigenvalue weighted by atomic mass is 10.0. The van der Waals surface area contributed by atoms with Crippen LogP contribution in [0.1, 0.15) is 5.56 Å². The fourth-order valence-electron chi connectivity index (χ4n) is 1.63. The van der Waals surface area contributed by atoms with E-state index in [1.165, 1.54) is 0 Å². The summed E-state index contributed by atoms with van der Waals surface area (Å²) in [5.74, 6) is 0.362. The van der Waals surface area contributed by atoms with Gasteiger partial charge in [-0.25, -0.2) is 0 Å². The van der Waals surface area contributed by atoms with E-state index in [0.29, 0.717) is 31.5 Å². The molecular formula is C13H7Cl5. The highest BCUT2D eigenvalue weighted by Gasteiger charge is 2.11. The molecule has 0 aromatic heterocycles. The van der Waals surface area contributed by atoms with Crippen molar-refractivity contribution in [2.24, 2.45) is 0 Å². The summed E-state index contributed by atoms with van der Waals surface area (Å²) in [6, 6.07) is 8.82. The Balaban J connectivity index is 2.59. The van der Waals surface area contributed by atoms with Gasteiger partial charge >= 0.3 is 0 Å². The van der Waals surface area contributed by atoms with Crippen LogP contribution in [0.2, 0.25) is 20.1 Å². The average molecular weight is 340 g/mol. The third kappa shape index (κ3) is 2.89. The van der Waals surface area contributed by atoms with Crippen LogP contribution in [0.3, 0.4) is 0 Å². The monoisotopic (exact) mass is 338 g/mol. The van der Waals surface area contributed by atoms with Crippen molar-refractivity contribution in [3.05, 3.63) is 56.0 Å². The third-order valence-corrected chi connectivity index (χ3v) is 3.95. The van der Waals surface area contributed by atoms with Crippen LogP contribution in [-0.4, -0.2) is 0 Å². The number of hydrogen-bond donors (Lipinski definition) is 0. The van der Waals surface area contributed by atoms with Gasteiger partial charge in [-0.3, -0.25) is 0 Å². The predicted molar refractivity (Wildman–Crippen MR) is 81.5 cm³/mol. The molecule has 0 aliphatic rings. The second kappa shape index (κ2) is 5.90. The molecule has 0 heterocycles. The summed E-state index contributed by atoms with van der Waals surface area (Å²) < 4.78 is 0. The summed E-state index contributed by atoms with van der Waals surface area (Å²) in [6.07, 6.45) is 0. The standard InChI is InChI=1S/C13H7Cl5/c14-6-8-2-1-7(3-10(8)16)13-11(17)4-9(15)5-12(13)18/h1-5H,6H2. The maximum Gasteiger partial charge on any atom is 0.0514 e. The van der Waals surface area contributed by atoms with Crippen molar-refractivity contribution in [3.8, 4) is 11.1 Å². The molecule has 0 amide bonds. The molecule has 5 heteroatoms. The largest absolute Gasteiger partial charge is 0.121 e. The first-order valence-electron chi connectivity index (χ1n) is 5.02. The molecule has 0 bridgehead atoms. The molecule has 0 saturated carbocycles. The van der Waals surface area contributed by atoms with Gasteiger partial charge in [0, 0.05) is 21.5 Å². The summed E-state index contributed by atoms with van der Waals surface area (Å²) in [6.45, 7) is 0. The molecule has 94 valence electrons. The summed E-state index contributed by atoms with van der Waals surface area (Å²) in [5, 5.41) is 2.06. The number of alkyl halides is 1. The Labute approximate surface area is 130 Å². The first kappa shape index (κ1) is 14.3. The van der Waals surface area contributed by atoms with E-state index in [9.17, 15) is 0 Å². The molecule has 18 heavy (non-hydrogen) atoms. The van der Waals surface area contributed by atoms with E-state index in [4.69, 9.17) is 58.0 Å². The van der Waals surface area contributed by atoms with Gasteiger partial charge in [-0.05, 0) is 29.3 Å². The zero-order valence-corrected chi connectivity index (χ0v) is 12.8. The van der Waals surface area contributed by atoms with Crippen molar-refractivity contribution in [1.29, 1.82) is 0 Å². The van der Waals surface area contributed by atoms with Gasteiger partial charge in [-0.15, -0.1) is 11.6 Å². The van der Waals surface area contributed by atoms with Crippen LogP contribution in [0.25, 0.3) is 11.1 Å². The highest BCUT2D eigenvalue weighted by Crippen LogP contribution is 2.38. The van der Waals surface area contributed by atoms with Crippen molar-refractivity contribution < 1.29 is 0 Å². The van der Waals surface area contributed by atoms with Gasteiger partial charge in [0.2, 0.25) is 0 Å². The van der Waals surface area contributed by atoms with Crippen molar-refractivity contribution in [2.45, 2.75) is 5.88 Å². The molecule has 0 fully saturated rings. The van der Waals surface area contributed by atoms with Crippen molar-refractivity contribution in [3.63, 3.8) is 0 Å². The second-order valence-electron chi connectivity index (χ2n) is 3.68. The van der Waals surface area contributed by atoms with Gasteiger partial charge in [0.15, 0.2) is 0 Å². The third-order valence-electron chi connectivity index (χ3n) is 2.49. The van der Waals surface area contributed by atoms with E-state index in [2.05, 4.69) is 0 Å². The lowest BCUT2D eigenvalue weighted by Crippen LogP contribution is -1.86. The van der Waals surface area contributed by atoms with E-state index >= 15 is 0 Å². The molecule has 0 saturated heterocycles. The molecular weight excluding hydrogens is 333 g/mol. The summed E-state index contributed by atoms with van der Waals surface area (Å²) >= 11 is 30.1. The molecule has 0 aliphatic heterocycles. The normalized spacial score (nSPS) is 10.7. The molecule has 2 rings (SSSR count). The minimum Gasteiger partial charge on any atom is -0.121 e. The zero-order valence-electron chi connectivity index (χ0n) is 8.98. The maximum absolute atomic E-state index is 6.16. The second-order valence-corrected chi connectivity index (χ2v) is 5.61. The van der Waals surface area contributed by atoms with E-state index in [-0.39, 0.29) is 0 Å². The Morgan fingerprint density at radius 3 is 1.89 bits per heavy atom. The van der Waals surface area contributed by atoms with E-state index in [0.717, 1.165) is 11.1 Å². The van der Waals surface area contributed by atoms with Crippen LogP contribution in [0.5, 0.6) is 0 Å². The molecule has 2 aromatic rings. The fourth-order valence-corrected chi connectivity index (χ4v) is 3.21. The number of halogens is 5. The Hall–Kier alpha value is -0.110. The molecule has 0 aliphatic carbocycles. The van der Waals surface area contributed by atoms with Crippen LogP contribution in [-0.2, 0) is 5.88 Å².